The van der Waals surface area contributed by atoms with E-state index in [1.54, 1.807) is 0 Å². The van der Waals surface area contributed by atoms with Crippen LogP contribution in [0.2, 0.25) is 0 Å². The molecule has 0 amide bonds. The molecule has 0 aliphatic carbocycles. The van der Waals surface area contributed by atoms with E-state index in [0.717, 1.165) is 64.7 Å². The number of esters is 1. The summed E-state index contributed by atoms with van der Waals surface area (Å²) in [7, 11) is 1.39. The number of ether oxygens (including phenoxy) is 2. The Labute approximate surface area is 201 Å². The van der Waals surface area contributed by atoms with Gasteiger partial charge in [-0.2, -0.15) is 13.2 Å². The molecule has 3 aromatic rings. The molecule has 4 nitrogen and oxygen atoms in total. The Kier molecular flexibility index (Phi) is 8.72. The Hall–Kier alpha value is -2.87. The van der Waals surface area contributed by atoms with Gasteiger partial charge < -0.3 is 9.47 Å². The van der Waals surface area contributed by atoms with Crippen LogP contribution in [0.25, 0.3) is 10.6 Å². The van der Waals surface area contributed by atoms with Crippen molar-refractivity contribution in [1.82, 2.24) is 4.98 Å². The molecule has 0 saturated heterocycles. The molecule has 0 aliphatic rings. The Morgan fingerprint density at radius 2 is 1.76 bits per heavy atom. The zero-order chi connectivity index (χ0) is 24.7. The molecule has 8 heteroatoms. The minimum atomic E-state index is -4.34. The molecule has 0 spiro atoms. The first-order chi connectivity index (χ1) is 16.2. The van der Waals surface area contributed by atoms with Crippen LogP contribution in [0.3, 0.4) is 0 Å². The smallest absolute Gasteiger partial charge is 0.416 e. The number of carbonyl (C=O) groups is 1. The molecule has 1 heterocycles. The summed E-state index contributed by atoms with van der Waals surface area (Å²) in [4.78, 5) is 16.8. The molecule has 0 bridgehead atoms. The molecule has 3 rings (SSSR count). The third kappa shape index (κ3) is 7.06. The van der Waals surface area contributed by atoms with Crippen LogP contribution in [0.1, 0.15) is 46.5 Å². The number of hydrogen-bond acceptors (Lipinski definition) is 5. The zero-order valence-corrected chi connectivity index (χ0v) is 20.3. The zero-order valence-electron chi connectivity index (χ0n) is 19.5. The van der Waals surface area contributed by atoms with Crippen LogP contribution in [0.15, 0.2) is 42.5 Å². The maximum atomic E-state index is 12.8. The molecule has 2 aromatic carbocycles. The minimum Gasteiger partial charge on any atom is -0.493 e. The minimum absolute atomic E-state index is 0.205. The predicted octanol–water partition coefficient (Wildman–Crippen LogP) is 6.95. The highest BCUT2D eigenvalue weighted by atomic mass is 32.1. The van der Waals surface area contributed by atoms with Gasteiger partial charge in [-0.05, 0) is 68.9 Å². The summed E-state index contributed by atoms with van der Waals surface area (Å²) in [5, 5.41) is 0.730. The van der Waals surface area contributed by atoms with E-state index in [1.165, 1.54) is 36.1 Å². The average molecular weight is 492 g/mol. The van der Waals surface area contributed by atoms with Crippen molar-refractivity contribution >= 4 is 17.3 Å². The van der Waals surface area contributed by atoms with Crippen LogP contribution >= 0.6 is 11.3 Å². The average Bonchev–Trinajstić information content (AvgIpc) is 3.18. The third-order valence-electron chi connectivity index (χ3n) is 5.49. The van der Waals surface area contributed by atoms with Gasteiger partial charge in [0.15, 0.2) is 0 Å². The van der Waals surface area contributed by atoms with Crippen molar-refractivity contribution in [3.05, 3.63) is 69.7 Å². The number of unbranched alkanes of at least 4 members (excludes halogenated alkanes) is 1. The number of aryl methyl sites for hydroxylation is 4. The molecule has 0 atom stereocenters. The van der Waals surface area contributed by atoms with Gasteiger partial charge in [-0.3, -0.25) is 4.79 Å². The lowest BCUT2D eigenvalue weighted by molar-refractivity contribution is -0.140. The number of nitrogens with zero attached hydrogens (tertiary/aromatic N) is 1. The fourth-order valence-corrected chi connectivity index (χ4v) is 4.60. The molecule has 1 aromatic heterocycles. The summed E-state index contributed by atoms with van der Waals surface area (Å²) in [5.41, 5.74) is 3.17. The standard InChI is InChI=1S/C26H28F3NO3S/c1-17-16-19(7-13-22(17)33-15-5-4-6-24(31)32-3)8-14-23-18(2)30-25(34-23)20-9-11-21(12-10-20)26(27,28)29/h7,9-13,16H,4-6,8,14-15H2,1-3H3. The van der Waals surface area contributed by atoms with Crippen molar-refractivity contribution < 1.29 is 27.4 Å². The maximum absolute atomic E-state index is 12.8. The molecular formula is C26H28F3NO3S. The van der Waals surface area contributed by atoms with Crippen LogP contribution in [-0.2, 0) is 28.5 Å². The number of rotatable bonds is 10. The van der Waals surface area contributed by atoms with Gasteiger partial charge in [0.25, 0.3) is 0 Å². The SMILES string of the molecule is COC(=O)CCCCOc1ccc(CCc2sc(-c3ccc(C(F)(F)F)cc3)nc2C)cc1C. The number of thiazole rings is 1. The highest BCUT2D eigenvalue weighted by Gasteiger charge is 2.30. The summed E-state index contributed by atoms with van der Waals surface area (Å²) in [6, 6.07) is 11.3. The fraction of sp³-hybridized carbons (Fsp3) is 0.385. The molecule has 0 aliphatic heterocycles. The van der Waals surface area contributed by atoms with E-state index < -0.39 is 11.7 Å². The number of alkyl halides is 3. The normalized spacial score (nSPS) is 11.5. The second kappa shape index (κ2) is 11.5. The van der Waals surface area contributed by atoms with Crippen molar-refractivity contribution in [3.63, 3.8) is 0 Å². The Morgan fingerprint density at radius 1 is 1.03 bits per heavy atom. The number of benzene rings is 2. The summed E-state index contributed by atoms with van der Waals surface area (Å²) in [5.74, 6) is 0.628. The molecular weight excluding hydrogens is 463 g/mol. The lowest BCUT2D eigenvalue weighted by Crippen LogP contribution is -2.03. The van der Waals surface area contributed by atoms with Crippen molar-refractivity contribution in [3.8, 4) is 16.3 Å². The fourth-order valence-electron chi connectivity index (χ4n) is 3.53. The first kappa shape index (κ1) is 25.7. The summed E-state index contributed by atoms with van der Waals surface area (Å²) in [6.07, 6.45) is -0.803. The number of aromatic nitrogens is 1. The van der Waals surface area contributed by atoms with Crippen molar-refractivity contribution in [2.24, 2.45) is 0 Å². The van der Waals surface area contributed by atoms with Crippen LogP contribution < -0.4 is 4.74 Å². The van der Waals surface area contributed by atoms with Gasteiger partial charge in [0.1, 0.15) is 10.8 Å². The number of carbonyl (C=O) groups excluding carboxylic acids is 1. The van der Waals surface area contributed by atoms with Crippen LogP contribution in [0.4, 0.5) is 13.2 Å². The molecule has 0 unspecified atom stereocenters. The van der Waals surface area contributed by atoms with E-state index in [9.17, 15) is 18.0 Å². The van der Waals surface area contributed by atoms with Gasteiger partial charge in [-0.15, -0.1) is 11.3 Å². The molecule has 0 fully saturated rings. The van der Waals surface area contributed by atoms with Gasteiger partial charge in [0, 0.05) is 16.9 Å². The second-order valence-corrected chi connectivity index (χ2v) is 9.17. The summed E-state index contributed by atoms with van der Waals surface area (Å²) >= 11 is 1.52. The van der Waals surface area contributed by atoms with Crippen molar-refractivity contribution in [2.75, 3.05) is 13.7 Å². The van der Waals surface area contributed by atoms with Gasteiger partial charge in [-0.25, -0.2) is 4.98 Å². The largest absolute Gasteiger partial charge is 0.493 e. The summed E-state index contributed by atoms with van der Waals surface area (Å²) in [6.45, 7) is 4.49. The van der Waals surface area contributed by atoms with Crippen LogP contribution in [0.5, 0.6) is 5.75 Å². The lowest BCUT2D eigenvalue weighted by Gasteiger charge is -2.11. The maximum Gasteiger partial charge on any atom is 0.416 e. The van der Waals surface area contributed by atoms with E-state index >= 15 is 0 Å². The highest BCUT2D eigenvalue weighted by Crippen LogP contribution is 2.33. The number of methoxy groups -OCH3 is 1. The third-order valence-corrected chi connectivity index (χ3v) is 6.76. The first-order valence-electron chi connectivity index (χ1n) is 11.1. The Morgan fingerprint density at radius 3 is 2.41 bits per heavy atom. The lowest BCUT2D eigenvalue weighted by atomic mass is 10.1. The van der Waals surface area contributed by atoms with E-state index in [-0.39, 0.29) is 5.97 Å². The quantitative estimate of drug-likeness (QED) is 0.227. The number of halogens is 3. The Balaban J connectivity index is 1.55. The van der Waals surface area contributed by atoms with E-state index in [1.807, 2.05) is 26.0 Å². The van der Waals surface area contributed by atoms with Crippen LogP contribution in [0, 0.1) is 13.8 Å². The monoisotopic (exact) mass is 491 g/mol. The van der Waals surface area contributed by atoms with Gasteiger partial charge in [-0.1, -0.05) is 24.3 Å². The van der Waals surface area contributed by atoms with Gasteiger partial charge >= 0.3 is 12.1 Å². The highest BCUT2D eigenvalue weighted by molar-refractivity contribution is 7.15. The van der Waals surface area contributed by atoms with Crippen molar-refractivity contribution in [2.45, 2.75) is 52.1 Å². The van der Waals surface area contributed by atoms with E-state index in [2.05, 4.69) is 15.8 Å². The number of hydrogen-bond donors (Lipinski definition) is 0. The molecule has 34 heavy (non-hydrogen) atoms. The molecule has 0 saturated carbocycles. The van der Waals surface area contributed by atoms with E-state index in [0.29, 0.717) is 18.6 Å². The van der Waals surface area contributed by atoms with E-state index in [4.69, 9.17) is 4.74 Å². The Bertz CT molecular complexity index is 1110. The summed E-state index contributed by atoms with van der Waals surface area (Å²) < 4.78 is 48.9. The topological polar surface area (TPSA) is 48.4 Å². The van der Waals surface area contributed by atoms with Gasteiger partial charge in [0.05, 0.1) is 25.0 Å². The van der Waals surface area contributed by atoms with Crippen LogP contribution in [-0.4, -0.2) is 24.7 Å². The molecule has 0 N–H and O–H groups in total. The van der Waals surface area contributed by atoms with Crippen molar-refractivity contribution in [1.29, 1.82) is 0 Å². The van der Waals surface area contributed by atoms with Gasteiger partial charge in [0.2, 0.25) is 0 Å². The first-order valence-corrected chi connectivity index (χ1v) is 11.9. The molecule has 182 valence electrons. The predicted molar refractivity (Wildman–Crippen MR) is 127 cm³/mol. The second-order valence-electron chi connectivity index (χ2n) is 8.08. The molecule has 0 radical (unpaired) electrons.